The maximum atomic E-state index is 5.26. The van der Waals surface area contributed by atoms with Gasteiger partial charge in [-0.05, 0) is 48.7 Å². The van der Waals surface area contributed by atoms with Gasteiger partial charge in [-0.25, -0.2) is 9.97 Å². The number of rotatable bonds is 4. The van der Waals surface area contributed by atoms with E-state index >= 15 is 0 Å². The van der Waals surface area contributed by atoms with Crippen LogP contribution in [0.15, 0.2) is 60.8 Å². The molecule has 0 atom stereocenters. The molecule has 5 aromatic rings. The van der Waals surface area contributed by atoms with Crippen LogP contribution in [0.1, 0.15) is 17.0 Å². The van der Waals surface area contributed by atoms with Crippen LogP contribution in [0.2, 0.25) is 0 Å². The number of nitrogens with zero attached hydrogens (tertiary/aromatic N) is 2. The van der Waals surface area contributed by atoms with Crippen molar-refractivity contribution in [1.29, 1.82) is 0 Å². The number of imidazole rings is 1. The zero-order valence-corrected chi connectivity index (χ0v) is 15.8. The van der Waals surface area contributed by atoms with Crippen LogP contribution in [0.4, 0.5) is 0 Å². The Labute approximate surface area is 162 Å². The second kappa shape index (κ2) is 6.53. The Morgan fingerprint density at radius 3 is 2.64 bits per heavy atom. The lowest BCUT2D eigenvalue weighted by molar-refractivity contribution is 0.414. The molecule has 138 valence electrons. The van der Waals surface area contributed by atoms with Gasteiger partial charge in [0.2, 0.25) is 0 Å². The molecular weight excluding hydrogens is 348 g/mol. The second-order valence-electron chi connectivity index (χ2n) is 6.97. The van der Waals surface area contributed by atoms with E-state index in [0.717, 1.165) is 45.9 Å². The number of benzene rings is 2. The quantitative estimate of drug-likeness (QED) is 0.468. The molecule has 0 unspecified atom stereocenters. The largest absolute Gasteiger partial charge is 0.497 e. The highest BCUT2D eigenvalue weighted by molar-refractivity contribution is 5.94. The number of methoxy groups -OCH3 is 1. The van der Waals surface area contributed by atoms with Gasteiger partial charge in [0.15, 0.2) is 5.65 Å². The van der Waals surface area contributed by atoms with Gasteiger partial charge in [0.1, 0.15) is 11.6 Å². The summed E-state index contributed by atoms with van der Waals surface area (Å²) in [5.41, 5.74) is 7.52. The van der Waals surface area contributed by atoms with Crippen molar-refractivity contribution in [2.75, 3.05) is 7.11 Å². The Bertz CT molecular complexity index is 1280. The number of ether oxygens (including phenoxy) is 1. The average molecular weight is 368 g/mol. The molecule has 5 nitrogen and oxygen atoms in total. The van der Waals surface area contributed by atoms with Gasteiger partial charge >= 0.3 is 0 Å². The van der Waals surface area contributed by atoms with E-state index in [0.29, 0.717) is 0 Å². The molecule has 28 heavy (non-hydrogen) atoms. The highest BCUT2D eigenvalue weighted by Gasteiger charge is 2.12. The molecule has 5 rings (SSSR count). The Morgan fingerprint density at radius 2 is 1.82 bits per heavy atom. The van der Waals surface area contributed by atoms with Crippen LogP contribution in [0, 0.1) is 6.92 Å². The van der Waals surface area contributed by atoms with Crippen molar-refractivity contribution < 1.29 is 4.74 Å². The van der Waals surface area contributed by atoms with E-state index in [1.54, 1.807) is 7.11 Å². The van der Waals surface area contributed by atoms with Gasteiger partial charge in [-0.2, -0.15) is 0 Å². The molecule has 0 saturated heterocycles. The van der Waals surface area contributed by atoms with Crippen LogP contribution in [0.5, 0.6) is 5.75 Å². The minimum atomic E-state index is 0.743. The number of aromatic nitrogens is 4. The first-order valence-electron chi connectivity index (χ1n) is 9.26. The van der Waals surface area contributed by atoms with Crippen molar-refractivity contribution in [2.24, 2.45) is 0 Å². The molecule has 0 saturated carbocycles. The fourth-order valence-corrected chi connectivity index (χ4v) is 3.73. The molecule has 3 heterocycles. The predicted molar refractivity (Wildman–Crippen MR) is 112 cm³/mol. The number of nitrogens with one attached hydrogen (secondary N) is 2. The van der Waals surface area contributed by atoms with E-state index in [4.69, 9.17) is 4.74 Å². The summed E-state index contributed by atoms with van der Waals surface area (Å²) in [6, 6.07) is 18.9. The highest BCUT2D eigenvalue weighted by atomic mass is 16.5. The van der Waals surface area contributed by atoms with Crippen LogP contribution in [0.25, 0.3) is 33.3 Å². The molecule has 0 aliphatic heterocycles. The highest BCUT2D eigenvalue weighted by Crippen LogP contribution is 2.30. The van der Waals surface area contributed by atoms with Crippen LogP contribution in [-0.2, 0) is 6.42 Å². The van der Waals surface area contributed by atoms with E-state index in [1.807, 2.05) is 31.3 Å². The van der Waals surface area contributed by atoms with Crippen molar-refractivity contribution in [3.63, 3.8) is 0 Å². The summed E-state index contributed by atoms with van der Waals surface area (Å²) in [5, 5.41) is 1.20. The smallest absolute Gasteiger partial charge is 0.178 e. The van der Waals surface area contributed by atoms with Gasteiger partial charge < -0.3 is 14.7 Å². The lowest BCUT2D eigenvalue weighted by Gasteiger charge is -2.05. The molecule has 0 aliphatic rings. The van der Waals surface area contributed by atoms with Crippen LogP contribution < -0.4 is 4.74 Å². The van der Waals surface area contributed by atoms with Crippen LogP contribution in [0.3, 0.4) is 0 Å². The number of hydrogen-bond donors (Lipinski definition) is 2. The summed E-state index contributed by atoms with van der Waals surface area (Å²) >= 11 is 0. The fraction of sp³-hybridized carbons (Fsp3) is 0.130. The fourth-order valence-electron chi connectivity index (χ4n) is 3.73. The third-order valence-corrected chi connectivity index (χ3v) is 5.10. The second-order valence-corrected chi connectivity index (χ2v) is 6.97. The van der Waals surface area contributed by atoms with Crippen molar-refractivity contribution in [3.05, 3.63) is 77.7 Å². The molecule has 0 radical (unpaired) electrons. The number of hydrogen-bond acceptors (Lipinski definition) is 3. The SMILES string of the molecule is COc1ccc(Cc2cccc3cc(-c4ccnc5nc(C)[nH]c45)[nH]c23)cc1. The number of pyridine rings is 1. The monoisotopic (exact) mass is 368 g/mol. The molecule has 0 spiro atoms. The average Bonchev–Trinajstić information content (AvgIpc) is 3.31. The van der Waals surface area contributed by atoms with E-state index in [1.165, 1.54) is 16.5 Å². The number of aryl methyl sites for hydroxylation is 1. The predicted octanol–water partition coefficient (Wildman–Crippen LogP) is 5.01. The molecule has 0 aliphatic carbocycles. The first-order valence-corrected chi connectivity index (χ1v) is 9.26. The third kappa shape index (κ3) is 2.81. The van der Waals surface area contributed by atoms with Gasteiger partial charge in [0, 0.05) is 28.4 Å². The standard InChI is InChI=1S/C23H20N4O/c1-14-25-22-19(10-11-24-23(22)26-14)20-13-17-5-3-4-16(21(17)27-20)12-15-6-8-18(28-2)9-7-15/h3-11,13,27H,12H2,1-2H3,(H,24,25,26). The minimum absolute atomic E-state index is 0.743. The first-order chi connectivity index (χ1) is 13.7. The van der Waals surface area contributed by atoms with E-state index in [9.17, 15) is 0 Å². The normalized spacial score (nSPS) is 11.4. The maximum absolute atomic E-state index is 5.26. The number of H-pyrrole nitrogens is 2. The zero-order valence-electron chi connectivity index (χ0n) is 15.8. The molecule has 2 N–H and O–H groups in total. The van der Waals surface area contributed by atoms with E-state index in [-0.39, 0.29) is 0 Å². The van der Waals surface area contributed by atoms with Gasteiger partial charge in [0.25, 0.3) is 0 Å². The summed E-state index contributed by atoms with van der Waals surface area (Å²) in [4.78, 5) is 15.8. The third-order valence-electron chi connectivity index (χ3n) is 5.10. The summed E-state index contributed by atoms with van der Waals surface area (Å²) in [7, 11) is 1.69. The Morgan fingerprint density at radius 1 is 0.964 bits per heavy atom. The van der Waals surface area contributed by atoms with E-state index < -0.39 is 0 Å². The molecule has 0 amide bonds. The topological polar surface area (TPSA) is 66.6 Å². The van der Waals surface area contributed by atoms with Crippen LogP contribution >= 0.6 is 0 Å². The van der Waals surface area contributed by atoms with Crippen molar-refractivity contribution in [3.8, 4) is 17.0 Å². The van der Waals surface area contributed by atoms with Crippen LogP contribution in [-0.4, -0.2) is 27.0 Å². The van der Waals surface area contributed by atoms with Gasteiger partial charge in [-0.3, -0.25) is 0 Å². The minimum Gasteiger partial charge on any atom is -0.497 e. The number of aromatic amines is 2. The Kier molecular flexibility index (Phi) is 3.86. The summed E-state index contributed by atoms with van der Waals surface area (Å²) < 4.78 is 5.26. The summed E-state index contributed by atoms with van der Waals surface area (Å²) in [6.07, 6.45) is 2.66. The maximum Gasteiger partial charge on any atom is 0.178 e. The van der Waals surface area contributed by atoms with Crippen molar-refractivity contribution in [2.45, 2.75) is 13.3 Å². The van der Waals surface area contributed by atoms with Crippen molar-refractivity contribution in [1.82, 2.24) is 19.9 Å². The molecule has 3 aromatic heterocycles. The zero-order chi connectivity index (χ0) is 19.1. The summed E-state index contributed by atoms with van der Waals surface area (Å²) in [6.45, 7) is 1.95. The molecular formula is C23H20N4O. The Balaban J connectivity index is 1.58. The Hall–Kier alpha value is -3.60. The lowest BCUT2D eigenvalue weighted by atomic mass is 10.0. The molecule has 0 fully saturated rings. The summed E-state index contributed by atoms with van der Waals surface area (Å²) in [5.74, 6) is 1.74. The molecule has 5 heteroatoms. The number of fused-ring (bicyclic) bond motifs is 2. The van der Waals surface area contributed by atoms with Gasteiger partial charge in [0.05, 0.1) is 12.6 Å². The van der Waals surface area contributed by atoms with Crippen molar-refractivity contribution >= 4 is 22.1 Å². The van der Waals surface area contributed by atoms with E-state index in [2.05, 4.69) is 56.3 Å². The lowest BCUT2D eigenvalue weighted by Crippen LogP contribution is -1.90. The molecule has 0 bridgehead atoms. The molecule has 2 aromatic carbocycles. The van der Waals surface area contributed by atoms with Gasteiger partial charge in [-0.1, -0.05) is 30.3 Å². The van der Waals surface area contributed by atoms with Gasteiger partial charge in [-0.15, -0.1) is 0 Å². The first kappa shape index (κ1) is 16.6. The number of para-hydroxylation sites is 1.